The molecule has 1 aliphatic rings. The fraction of sp³-hybridized carbons (Fsp3) is 0.571. The van der Waals surface area contributed by atoms with Crippen LogP contribution >= 0.6 is 0 Å². The molecule has 0 spiro atoms. The third kappa shape index (κ3) is 1.75. The fourth-order valence-corrected chi connectivity index (χ4v) is 0.918. The topological polar surface area (TPSA) is 67.6 Å². The number of carbonyl (C=O) groups excluding carboxylic acids is 1. The van der Waals surface area contributed by atoms with E-state index >= 15 is 0 Å². The molecule has 0 fully saturated rings. The zero-order valence-electron chi connectivity index (χ0n) is 7.15. The smallest absolute Gasteiger partial charge is 0.324 e. The van der Waals surface area contributed by atoms with Crippen LogP contribution in [0.4, 0.5) is 4.79 Å². The third-order valence-electron chi connectivity index (χ3n) is 1.71. The molecule has 2 amide bonds. The number of nitrogens with one attached hydrogen (secondary N) is 1. The second-order valence-corrected chi connectivity index (χ2v) is 2.56. The van der Waals surface area contributed by atoms with Crippen molar-refractivity contribution in [2.75, 3.05) is 7.11 Å². The maximum atomic E-state index is 11.2. The van der Waals surface area contributed by atoms with Crippen LogP contribution in [0.1, 0.15) is 6.92 Å². The van der Waals surface area contributed by atoms with Crippen molar-refractivity contribution in [1.29, 1.82) is 0 Å². The quantitative estimate of drug-likeness (QED) is 0.604. The molecule has 0 radical (unpaired) electrons. The van der Waals surface area contributed by atoms with Gasteiger partial charge < -0.3 is 15.8 Å². The summed E-state index contributed by atoms with van der Waals surface area (Å²) in [5.74, 6) is 0. The van der Waals surface area contributed by atoms with E-state index in [4.69, 9.17) is 10.5 Å². The first kappa shape index (κ1) is 9.02. The standard InChI is InChI=1S/C7H13N3O2/c1-5(12-2)10-4-3-6(8)9-7(10)11/h3-6H,8H2,1-2H3,(H,9,11)/t5-,6?/m1/s1. The molecule has 0 aromatic heterocycles. The molecule has 1 unspecified atom stereocenters. The molecule has 1 heterocycles. The van der Waals surface area contributed by atoms with Gasteiger partial charge in [-0.1, -0.05) is 0 Å². The number of rotatable bonds is 2. The van der Waals surface area contributed by atoms with Crippen LogP contribution in [-0.4, -0.2) is 30.4 Å². The average Bonchev–Trinajstić information content (AvgIpc) is 2.03. The van der Waals surface area contributed by atoms with Gasteiger partial charge in [-0.3, -0.25) is 4.90 Å². The summed E-state index contributed by atoms with van der Waals surface area (Å²) < 4.78 is 4.97. The lowest BCUT2D eigenvalue weighted by Crippen LogP contribution is -2.52. The largest absolute Gasteiger partial charge is 0.361 e. The molecule has 3 N–H and O–H groups in total. The summed E-state index contributed by atoms with van der Waals surface area (Å²) in [5, 5.41) is 2.54. The van der Waals surface area contributed by atoms with Crippen LogP contribution in [0.25, 0.3) is 0 Å². The van der Waals surface area contributed by atoms with E-state index in [0.717, 1.165) is 0 Å². The molecule has 5 heteroatoms. The second kappa shape index (κ2) is 3.55. The van der Waals surface area contributed by atoms with Gasteiger partial charge in [-0.15, -0.1) is 0 Å². The Hall–Kier alpha value is -1.07. The average molecular weight is 171 g/mol. The first-order valence-corrected chi connectivity index (χ1v) is 3.70. The molecule has 1 aliphatic heterocycles. The van der Waals surface area contributed by atoms with Gasteiger partial charge in [-0.2, -0.15) is 0 Å². The predicted molar refractivity (Wildman–Crippen MR) is 44.0 cm³/mol. The van der Waals surface area contributed by atoms with Crippen molar-refractivity contribution >= 4 is 6.03 Å². The van der Waals surface area contributed by atoms with E-state index in [1.807, 2.05) is 0 Å². The molecule has 12 heavy (non-hydrogen) atoms. The van der Waals surface area contributed by atoms with Crippen molar-refractivity contribution < 1.29 is 9.53 Å². The first-order chi connectivity index (χ1) is 5.65. The highest BCUT2D eigenvalue weighted by molar-refractivity contribution is 5.77. The van der Waals surface area contributed by atoms with Crippen LogP contribution in [0.2, 0.25) is 0 Å². The van der Waals surface area contributed by atoms with Gasteiger partial charge in [0.15, 0.2) is 0 Å². The number of nitrogens with two attached hydrogens (primary N) is 1. The lowest BCUT2D eigenvalue weighted by molar-refractivity contribution is 0.0268. The summed E-state index contributed by atoms with van der Waals surface area (Å²) in [5.41, 5.74) is 5.44. The van der Waals surface area contributed by atoms with E-state index in [9.17, 15) is 4.79 Å². The maximum absolute atomic E-state index is 11.2. The van der Waals surface area contributed by atoms with E-state index in [1.54, 1.807) is 26.3 Å². The van der Waals surface area contributed by atoms with Crippen molar-refractivity contribution in [3.63, 3.8) is 0 Å². The Morgan fingerprint density at radius 2 is 2.50 bits per heavy atom. The number of hydrogen-bond donors (Lipinski definition) is 2. The highest BCUT2D eigenvalue weighted by Gasteiger charge is 2.21. The number of urea groups is 1. The molecule has 0 saturated carbocycles. The van der Waals surface area contributed by atoms with Gasteiger partial charge in [0.1, 0.15) is 6.23 Å². The predicted octanol–water partition coefficient (Wildman–Crippen LogP) is -0.198. The Kier molecular flexibility index (Phi) is 2.67. The van der Waals surface area contributed by atoms with E-state index in [1.165, 1.54) is 4.90 Å². The van der Waals surface area contributed by atoms with Gasteiger partial charge in [0.25, 0.3) is 0 Å². The number of carbonyl (C=O) groups is 1. The van der Waals surface area contributed by atoms with Gasteiger partial charge in [0, 0.05) is 13.3 Å². The molecule has 0 bridgehead atoms. The van der Waals surface area contributed by atoms with E-state index in [2.05, 4.69) is 5.32 Å². The minimum atomic E-state index is -0.391. The second-order valence-electron chi connectivity index (χ2n) is 2.56. The highest BCUT2D eigenvalue weighted by atomic mass is 16.5. The minimum absolute atomic E-state index is 0.237. The number of nitrogens with zero attached hydrogens (tertiary/aromatic N) is 1. The lowest BCUT2D eigenvalue weighted by Gasteiger charge is -2.29. The van der Waals surface area contributed by atoms with Gasteiger partial charge >= 0.3 is 6.03 Å². The molecular weight excluding hydrogens is 158 g/mol. The van der Waals surface area contributed by atoms with Crippen molar-refractivity contribution in [3.05, 3.63) is 12.3 Å². The van der Waals surface area contributed by atoms with Crippen LogP contribution in [-0.2, 0) is 4.74 Å². The van der Waals surface area contributed by atoms with Crippen molar-refractivity contribution in [3.8, 4) is 0 Å². The summed E-state index contributed by atoms with van der Waals surface area (Å²) in [6, 6.07) is -0.237. The van der Waals surface area contributed by atoms with Crippen molar-refractivity contribution in [2.24, 2.45) is 5.73 Å². The lowest BCUT2D eigenvalue weighted by atomic mass is 10.4. The highest BCUT2D eigenvalue weighted by Crippen LogP contribution is 2.05. The van der Waals surface area contributed by atoms with Gasteiger partial charge in [-0.05, 0) is 13.0 Å². The SMILES string of the molecule is CO[C@H](C)N1C=CC(N)NC1=O. The van der Waals surface area contributed by atoms with Crippen LogP contribution in [0, 0.1) is 0 Å². The molecule has 0 aromatic carbocycles. The maximum Gasteiger partial charge on any atom is 0.324 e. The summed E-state index contributed by atoms with van der Waals surface area (Å²) in [6.45, 7) is 1.78. The normalized spacial score (nSPS) is 25.4. The minimum Gasteiger partial charge on any atom is -0.361 e. The zero-order chi connectivity index (χ0) is 9.14. The van der Waals surface area contributed by atoms with E-state index in [-0.39, 0.29) is 12.3 Å². The van der Waals surface area contributed by atoms with Crippen LogP contribution in [0.15, 0.2) is 12.3 Å². The zero-order valence-corrected chi connectivity index (χ0v) is 7.15. The number of ether oxygens (including phenoxy) is 1. The Balaban J connectivity index is 2.66. The number of methoxy groups -OCH3 is 1. The van der Waals surface area contributed by atoms with Crippen LogP contribution < -0.4 is 11.1 Å². The van der Waals surface area contributed by atoms with Crippen molar-refractivity contribution in [1.82, 2.24) is 10.2 Å². The Morgan fingerprint density at radius 1 is 1.83 bits per heavy atom. The van der Waals surface area contributed by atoms with Crippen LogP contribution in [0.5, 0.6) is 0 Å². The fourth-order valence-electron chi connectivity index (χ4n) is 0.918. The molecule has 0 aliphatic carbocycles. The van der Waals surface area contributed by atoms with Crippen LogP contribution in [0.3, 0.4) is 0 Å². The molecule has 0 saturated heterocycles. The number of hydrogen-bond acceptors (Lipinski definition) is 3. The van der Waals surface area contributed by atoms with Gasteiger partial charge in [-0.25, -0.2) is 4.79 Å². The molecule has 1 rings (SSSR count). The molecule has 68 valence electrons. The molecule has 2 atom stereocenters. The first-order valence-electron chi connectivity index (χ1n) is 3.70. The summed E-state index contributed by atoms with van der Waals surface area (Å²) in [6.07, 6.45) is 2.65. The van der Waals surface area contributed by atoms with Crippen molar-refractivity contribution in [2.45, 2.75) is 19.3 Å². The monoisotopic (exact) mass is 171 g/mol. The van der Waals surface area contributed by atoms with Gasteiger partial charge in [0.05, 0.1) is 6.17 Å². The van der Waals surface area contributed by atoms with E-state index < -0.39 is 6.17 Å². The summed E-state index contributed by atoms with van der Waals surface area (Å²) in [4.78, 5) is 12.6. The van der Waals surface area contributed by atoms with Gasteiger partial charge in [0.2, 0.25) is 0 Å². The Bertz CT molecular complexity index is 205. The Morgan fingerprint density at radius 3 is 3.00 bits per heavy atom. The number of amides is 2. The summed E-state index contributed by atoms with van der Waals surface area (Å²) >= 11 is 0. The molecular formula is C7H13N3O2. The molecule has 0 aromatic rings. The summed E-state index contributed by atoms with van der Waals surface area (Å²) in [7, 11) is 1.54. The van der Waals surface area contributed by atoms with E-state index in [0.29, 0.717) is 0 Å². The molecule has 5 nitrogen and oxygen atoms in total. The third-order valence-corrected chi connectivity index (χ3v) is 1.71. The Labute approximate surface area is 71.2 Å².